The van der Waals surface area contributed by atoms with Crippen molar-refractivity contribution in [3.63, 3.8) is 0 Å². The zero-order chi connectivity index (χ0) is 26.8. The fourth-order valence-corrected chi connectivity index (χ4v) is 5.00. The van der Waals surface area contributed by atoms with Crippen molar-refractivity contribution < 1.29 is 28.5 Å². The monoisotopic (exact) mass is 519 g/mol. The van der Waals surface area contributed by atoms with Crippen LogP contribution in [-0.4, -0.2) is 49.6 Å². The standard InChI is InChI=1S/C27H26FN5O5/c1-14-16(5-8-22(34)30-14)17-9-21-25(33-13-29-31-24(17)33)32(26(35)38-27(2,3)4)10-18-19(28)6-7-20-23(18)15(11-36-20)12-37-21/h5-9,13,15H,10-12H2,1-4H3,(H,30,34). The number of nitrogens with zero attached hydrogens (tertiary/aromatic N) is 5. The molecule has 3 aromatic heterocycles. The van der Waals surface area contributed by atoms with Gasteiger partial charge in [-0.05, 0) is 52.0 Å². The van der Waals surface area contributed by atoms with E-state index in [0.717, 1.165) is 0 Å². The highest BCUT2D eigenvalue weighted by molar-refractivity contribution is 5.92. The number of ether oxygens (including phenoxy) is 3. The summed E-state index contributed by atoms with van der Waals surface area (Å²) in [5, 5.41) is 18.3. The summed E-state index contributed by atoms with van der Waals surface area (Å²) in [7, 11) is 0. The van der Waals surface area contributed by atoms with Crippen LogP contribution in [0.5, 0.6) is 17.4 Å². The number of halogens is 1. The van der Waals surface area contributed by atoms with Gasteiger partial charge in [-0.3, -0.25) is 9.30 Å². The lowest BCUT2D eigenvalue weighted by Crippen LogP contribution is -2.38. The summed E-state index contributed by atoms with van der Waals surface area (Å²) in [6.07, 6.45) is 0.793. The number of benzene rings is 1. The van der Waals surface area contributed by atoms with Gasteiger partial charge in [-0.15, -0.1) is 10.2 Å². The van der Waals surface area contributed by atoms with Crippen LogP contribution in [0.3, 0.4) is 0 Å². The van der Waals surface area contributed by atoms with Gasteiger partial charge in [0, 0.05) is 34.0 Å². The summed E-state index contributed by atoms with van der Waals surface area (Å²) in [4.78, 5) is 19.2. The molecule has 2 aliphatic heterocycles. The number of fused-ring (bicyclic) bond motifs is 3. The van der Waals surface area contributed by atoms with E-state index in [0.29, 0.717) is 57.5 Å². The van der Waals surface area contributed by atoms with Crippen molar-refractivity contribution in [2.75, 3.05) is 18.1 Å². The number of carbonyl (C=O) groups excluding carboxylic acids is 1. The van der Waals surface area contributed by atoms with Crippen molar-refractivity contribution in [2.24, 2.45) is 0 Å². The molecule has 0 saturated carbocycles. The molecule has 11 heteroatoms. The quantitative estimate of drug-likeness (QED) is 0.383. The second-order valence-electron chi connectivity index (χ2n) is 10.4. The predicted octanol–water partition coefficient (Wildman–Crippen LogP) is 4.75. The largest absolute Gasteiger partial charge is 0.493 e. The van der Waals surface area contributed by atoms with E-state index in [1.54, 1.807) is 50.3 Å². The summed E-state index contributed by atoms with van der Waals surface area (Å²) in [6.45, 7) is 7.47. The van der Waals surface area contributed by atoms with Crippen LogP contribution in [0.2, 0.25) is 0 Å². The first-order chi connectivity index (χ1) is 18.1. The lowest BCUT2D eigenvalue weighted by molar-refractivity contribution is 0.0574. The molecule has 5 heterocycles. The van der Waals surface area contributed by atoms with Gasteiger partial charge < -0.3 is 19.3 Å². The van der Waals surface area contributed by atoms with Gasteiger partial charge in [0.2, 0.25) is 5.88 Å². The van der Waals surface area contributed by atoms with Crippen molar-refractivity contribution >= 4 is 17.6 Å². The number of aromatic nitrogens is 4. The first-order valence-electron chi connectivity index (χ1n) is 12.2. The molecular weight excluding hydrogens is 493 g/mol. The fourth-order valence-electron chi connectivity index (χ4n) is 5.00. The molecule has 0 spiro atoms. The number of pyridine rings is 2. The summed E-state index contributed by atoms with van der Waals surface area (Å²) >= 11 is 0. The number of anilines is 1. The van der Waals surface area contributed by atoms with Gasteiger partial charge in [-0.25, -0.2) is 14.2 Å². The average Bonchev–Trinajstić information content (AvgIpc) is 3.49. The van der Waals surface area contributed by atoms with Crippen LogP contribution in [0.1, 0.15) is 43.5 Å². The maximum absolute atomic E-state index is 15.3. The Morgan fingerprint density at radius 2 is 1.89 bits per heavy atom. The van der Waals surface area contributed by atoms with Gasteiger partial charge >= 0.3 is 6.09 Å². The van der Waals surface area contributed by atoms with Gasteiger partial charge in [0.05, 0.1) is 25.7 Å². The number of carbonyl (C=O) groups is 1. The smallest absolute Gasteiger partial charge is 0.416 e. The highest BCUT2D eigenvalue weighted by atomic mass is 19.1. The molecule has 2 aliphatic rings. The SMILES string of the molecule is Cc1nc(O)ccc1-c1cc2c(n3cnnc13)N(C(=O)OC(C)(C)C)Cc1c(F)ccc3c1C(CO3)CO2. The third-order valence-corrected chi connectivity index (χ3v) is 6.61. The van der Waals surface area contributed by atoms with Crippen LogP contribution in [0.25, 0.3) is 16.8 Å². The number of hydrogen-bond acceptors (Lipinski definition) is 8. The molecule has 1 unspecified atom stereocenters. The van der Waals surface area contributed by atoms with Crippen molar-refractivity contribution in [3.8, 4) is 28.5 Å². The van der Waals surface area contributed by atoms with Gasteiger partial charge in [0.15, 0.2) is 17.2 Å². The fraction of sp³-hybridized carbons (Fsp3) is 0.333. The first-order valence-corrected chi connectivity index (χ1v) is 12.2. The highest BCUT2D eigenvalue weighted by Gasteiger charge is 2.37. The lowest BCUT2D eigenvalue weighted by atomic mass is 9.95. The number of hydrogen-bond donors (Lipinski definition) is 1. The highest BCUT2D eigenvalue weighted by Crippen LogP contribution is 2.44. The molecule has 196 valence electrons. The molecule has 0 fully saturated rings. The Labute approximate surface area is 217 Å². The Balaban J connectivity index is 1.61. The molecule has 10 nitrogen and oxygen atoms in total. The van der Waals surface area contributed by atoms with Crippen LogP contribution in [0, 0.1) is 12.7 Å². The molecule has 38 heavy (non-hydrogen) atoms. The molecule has 0 radical (unpaired) electrons. The van der Waals surface area contributed by atoms with E-state index in [-0.39, 0.29) is 24.9 Å². The van der Waals surface area contributed by atoms with E-state index >= 15 is 4.39 Å². The maximum Gasteiger partial charge on any atom is 0.416 e. The molecule has 0 saturated heterocycles. The molecule has 1 aromatic carbocycles. The van der Waals surface area contributed by atoms with E-state index < -0.39 is 17.5 Å². The molecule has 0 bridgehead atoms. The number of rotatable bonds is 1. The van der Waals surface area contributed by atoms with Crippen LogP contribution in [0.15, 0.2) is 36.7 Å². The van der Waals surface area contributed by atoms with Crippen LogP contribution >= 0.6 is 0 Å². The van der Waals surface area contributed by atoms with Gasteiger partial charge in [0.25, 0.3) is 0 Å². The minimum absolute atomic E-state index is 0.101. The number of amides is 1. The Bertz CT molecular complexity index is 1600. The Kier molecular flexibility index (Phi) is 5.41. The molecule has 6 rings (SSSR count). The third-order valence-electron chi connectivity index (χ3n) is 6.61. The van der Waals surface area contributed by atoms with Crippen LogP contribution in [-0.2, 0) is 11.3 Å². The molecule has 1 amide bonds. The zero-order valence-electron chi connectivity index (χ0n) is 21.4. The summed E-state index contributed by atoms with van der Waals surface area (Å²) in [5.74, 6) is 0.456. The van der Waals surface area contributed by atoms with E-state index in [4.69, 9.17) is 14.2 Å². The molecule has 4 aromatic rings. The second kappa shape index (κ2) is 8.57. The Morgan fingerprint density at radius 3 is 2.63 bits per heavy atom. The van der Waals surface area contributed by atoms with Gasteiger partial charge in [0.1, 0.15) is 23.5 Å². The van der Waals surface area contributed by atoms with E-state index in [9.17, 15) is 9.90 Å². The summed E-state index contributed by atoms with van der Waals surface area (Å²) in [6, 6.07) is 7.94. The van der Waals surface area contributed by atoms with Crippen LogP contribution < -0.4 is 14.4 Å². The Hall–Kier alpha value is -4.41. The average molecular weight is 520 g/mol. The summed E-state index contributed by atoms with van der Waals surface area (Å²) < 4.78 is 34.9. The minimum atomic E-state index is -0.805. The van der Waals surface area contributed by atoms with Crippen molar-refractivity contribution in [1.29, 1.82) is 0 Å². The molecule has 0 aliphatic carbocycles. The van der Waals surface area contributed by atoms with Crippen molar-refractivity contribution in [2.45, 2.75) is 45.8 Å². The van der Waals surface area contributed by atoms with Gasteiger partial charge in [-0.2, -0.15) is 0 Å². The Morgan fingerprint density at radius 1 is 1.13 bits per heavy atom. The van der Waals surface area contributed by atoms with E-state index in [2.05, 4.69) is 15.2 Å². The normalized spacial score (nSPS) is 16.6. The topological polar surface area (TPSA) is 111 Å². The van der Waals surface area contributed by atoms with Gasteiger partial charge in [-0.1, -0.05) is 0 Å². The van der Waals surface area contributed by atoms with Crippen molar-refractivity contribution in [1.82, 2.24) is 19.6 Å². The number of aromatic hydroxyl groups is 1. The minimum Gasteiger partial charge on any atom is -0.493 e. The predicted molar refractivity (Wildman–Crippen MR) is 135 cm³/mol. The van der Waals surface area contributed by atoms with Crippen LogP contribution in [0.4, 0.5) is 15.0 Å². The lowest BCUT2D eigenvalue weighted by Gasteiger charge is -2.29. The summed E-state index contributed by atoms with van der Waals surface area (Å²) in [5.41, 5.74) is 2.57. The van der Waals surface area contributed by atoms with E-state index in [1.165, 1.54) is 23.4 Å². The molecular formula is C27H26FN5O5. The number of aryl methyl sites for hydroxylation is 1. The first kappa shape index (κ1) is 24.0. The molecule has 1 atom stereocenters. The van der Waals surface area contributed by atoms with Crippen molar-refractivity contribution in [3.05, 3.63) is 59.3 Å². The zero-order valence-corrected chi connectivity index (χ0v) is 21.4. The van der Waals surface area contributed by atoms with E-state index in [1.807, 2.05) is 0 Å². The third kappa shape index (κ3) is 3.94. The molecule has 1 N–H and O–H groups in total. The second-order valence-corrected chi connectivity index (χ2v) is 10.4. The maximum atomic E-state index is 15.3.